The maximum absolute atomic E-state index is 6.77. The molecule has 0 bridgehead atoms. The average Bonchev–Trinajstić information content (AvgIpc) is 3.85. The summed E-state index contributed by atoms with van der Waals surface area (Å²) in [6.45, 7) is 0. The molecule has 8 aromatic carbocycles. The molecular weight excluding hydrogens is 593 g/mol. The van der Waals surface area contributed by atoms with Gasteiger partial charge in [0.1, 0.15) is 22.3 Å². The Morgan fingerprint density at radius 2 is 1.04 bits per heavy atom. The molecule has 0 fully saturated rings. The van der Waals surface area contributed by atoms with Crippen LogP contribution in [0.5, 0.6) is 0 Å². The van der Waals surface area contributed by atoms with Crippen molar-refractivity contribution in [2.75, 3.05) is 0 Å². The quantitative estimate of drug-likeness (QED) is 0.181. The van der Waals surface area contributed by atoms with Gasteiger partial charge in [-0.15, -0.1) is 11.3 Å². The summed E-state index contributed by atoms with van der Waals surface area (Å²) in [5.74, 6) is 0. The van der Waals surface area contributed by atoms with E-state index in [0.29, 0.717) is 0 Å². The number of benzene rings is 8. The lowest BCUT2D eigenvalue weighted by Crippen LogP contribution is -1.92. The topological polar surface area (TPSA) is 26.3 Å². The van der Waals surface area contributed by atoms with Gasteiger partial charge in [0.15, 0.2) is 0 Å². The fourth-order valence-electron chi connectivity index (χ4n) is 8.04. The Morgan fingerprint density at radius 1 is 0.383 bits per heavy atom. The van der Waals surface area contributed by atoms with Gasteiger partial charge in [-0.3, -0.25) is 0 Å². The SMILES string of the molecule is c1ccc2c(-c3c4ccccc4c(-c4cccc5c4oc4ccc6sccc6c45)c4ccccc34)c3c(cc2c1)oc1ccccc13. The highest BCUT2D eigenvalue weighted by Crippen LogP contribution is 2.51. The van der Waals surface area contributed by atoms with Crippen molar-refractivity contribution in [3.63, 3.8) is 0 Å². The number of hydrogen-bond acceptors (Lipinski definition) is 3. The van der Waals surface area contributed by atoms with E-state index in [1.807, 2.05) is 6.07 Å². The fourth-order valence-corrected chi connectivity index (χ4v) is 8.83. The molecule has 0 unspecified atom stereocenters. The van der Waals surface area contributed by atoms with Crippen molar-refractivity contribution in [3.05, 3.63) is 145 Å². The van der Waals surface area contributed by atoms with Gasteiger partial charge in [0, 0.05) is 48.3 Å². The van der Waals surface area contributed by atoms with Crippen molar-refractivity contribution < 1.29 is 8.83 Å². The summed E-state index contributed by atoms with van der Waals surface area (Å²) in [5, 5.41) is 15.2. The molecule has 0 radical (unpaired) electrons. The number of rotatable bonds is 2. The monoisotopic (exact) mass is 616 g/mol. The van der Waals surface area contributed by atoms with E-state index in [-0.39, 0.29) is 0 Å². The second-order valence-electron chi connectivity index (χ2n) is 12.3. The number of hydrogen-bond donors (Lipinski definition) is 0. The molecule has 11 rings (SSSR count). The molecular formula is C44H24O2S. The van der Waals surface area contributed by atoms with Crippen molar-refractivity contribution in [1.82, 2.24) is 0 Å². The van der Waals surface area contributed by atoms with Crippen LogP contribution in [0.4, 0.5) is 0 Å². The van der Waals surface area contributed by atoms with Crippen LogP contribution in [0.15, 0.2) is 154 Å². The first-order valence-electron chi connectivity index (χ1n) is 15.9. The Morgan fingerprint density at radius 3 is 1.83 bits per heavy atom. The van der Waals surface area contributed by atoms with Crippen LogP contribution in [0.25, 0.3) is 109 Å². The summed E-state index contributed by atoms with van der Waals surface area (Å²) in [7, 11) is 0. The third-order valence-corrected chi connectivity index (χ3v) is 10.8. The molecule has 0 aliphatic heterocycles. The predicted molar refractivity (Wildman–Crippen MR) is 200 cm³/mol. The number of furan rings is 2. The maximum atomic E-state index is 6.77. The average molecular weight is 617 g/mol. The van der Waals surface area contributed by atoms with Crippen LogP contribution in [-0.2, 0) is 0 Å². The molecule has 0 atom stereocenters. The lowest BCUT2D eigenvalue weighted by atomic mass is 9.83. The van der Waals surface area contributed by atoms with Crippen molar-refractivity contribution in [2.24, 2.45) is 0 Å². The van der Waals surface area contributed by atoms with Crippen LogP contribution >= 0.6 is 11.3 Å². The molecule has 0 N–H and O–H groups in total. The van der Waals surface area contributed by atoms with Crippen LogP contribution in [0.3, 0.4) is 0 Å². The molecule has 218 valence electrons. The van der Waals surface area contributed by atoms with E-state index >= 15 is 0 Å². The molecule has 3 aromatic heterocycles. The lowest BCUT2D eigenvalue weighted by Gasteiger charge is -2.19. The first-order valence-corrected chi connectivity index (χ1v) is 16.8. The molecule has 0 aliphatic rings. The molecule has 0 amide bonds. The second-order valence-corrected chi connectivity index (χ2v) is 13.3. The van der Waals surface area contributed by atoms with Gasteiger partial charge in [-0.25, -0.2) is 0 Å². The largest absolute Gasteiger partial charge is 0.456 e. The molecule has 2 nitrogen and oxygen atoms in total. The molecule has 0 aliphatic carbocycles. The molecule has 3 heterocycles. The van der Waals surface area contributed by atoms with E-state index in [1.54, 1.807) is 11.3 Å². The van der Waals surface area contributed by atoms with Gasteiger partial charge in [-0.05, 0) is 73.6 Å². The number of thiophene rings is 1. The van der Waals surface area contributed by atoms with Crippen molar-refractivity contribution >= 4 is 97.6 Å². The van der Waals surface area contributed by atoms with Crippen LogP contribution in [0, 0.1) is 0 Å². The third-order valence-electron chi connectivity index (χ3n) is 9.93. The Kier molecular flexibility index (Phi) is 5.02. The predicted octanol–water partition coefficient (Wildman–Crippen LogP) is 13.5. The van der Waals surface area contributed by atoms with Gasteiger partial charge in [0.2, 0.25) is 0 Å². The van der Waals surface area contributed by atoms with Gasteiger partial charge in [-0.2, -0.15) is 0 Å². The zero-order valence-electron chi connectivity index (χ0n) is 25.1. The smallest absolute Gasteiger partial charge is 0.143 e. The summed E-state index contributed by atoms with van der Waals surface area (Å²) in [5.41, 5.74) is 8.40. The maximum Gasteiger partial charge on any atom is 0.143 e. The van der Waals surface area contributed by atoms with E-state index in [2.05, 4.69) is 139 Å². The molecule has 0 saturated carbocycles. The van der Waals surface area contributed by atoms with Gasteiger partial charge in [-0.1, -0.05) is 109 Å². The second kappa shape index (κ2) is 9.32. The molecule has 0 saturated heterocycles. The van der Waals surface area contributed by atoms with Gasteiger partial charge < -0.3 is 8.83 Å². The van der Waals surface area contributed by atoms with Crippen LogP contribution in [0.2, 0.25) is 0 Å². The van der Waals surface area contributed by atoms with E-state index < -0.39 is 0 Å². The first kappa shape index (κ1) is 25.3. The zero-order chi connectivity index (χ0) is 30.6. The number of para-hydroxylation sites is 2. The minimum atomic E-state index is 0.903. The molecule has 47 heavy (non-hydrogen) atoms. The Hall–Kier alpha value is -5.90. The minimum absolute atomic E-state index is 0.903. The lowest BCUT2D eigenvalue weighted by molar-refractivity contribution is 0.669. The van der Waals surface area contributed by atoms with Gasteiger partial charge >= 0.3 is 0 Å². The third kappa shape index (κ3) is 3.39. The van der Waals surface area contributed by atoms with Crippen LogP contribution < -0.4 is 0 Å². The highest BCUT2D eigenvalue weighted by atomic mass is 32.1. The molecule has 3 heteroatoms. The van der Waals surface area contributed by atoms with E-state index in [1.165, 1.54) is 59.1 Å². The Balaban J connectivity index is 1.34. The standard InChI is InChI=1S/C44H24O2S/c1-2-11-26-25(10-1)24-37-42(31-16-7-8-19-35(31)45-37)43(26)41-29-14-5-3-12-27(29)39(28-13-4-6-15-30(28)41)33-17-9-18-34-40-32-22-23-47-38(32)21-20-36(40)46-44(33)34/h1-24H. The summed E-state index contributed by atoms with van der Waals surface area (Å²) in [6, 6.07) is 50.2. The molecule has 11 aromatic rings. The zero-order valence-corrected chi connectivity index (χ0v) is 25.9. The summed E-state index contributed by atoms with van der Waals surface area (Å²) < 4.78 is 14.6. The summed E-state index contributed by atoms with van der Waals surface area (Å²) in [6.07, 6.45) is 0. The minimum Gasteiger partial charge on any atom is -0.456 e. The van der Waals surface area contributed by atoms with Crippen molar-refractivity contribution in [2.45, 2.75) is 0 Å². The van der Waals surface area contributed by atoms with E-state index in [4.69, 9.17) is 8.83 Å². The summed E-state index contributed by atoms with van der Waals surface area (Å²) >= 11 is 1.77. The normalized spacial score (nSPS) is 12.3. The first-order chi connectivity index (χ1) is 23.3. The van der Waals surface area contributed by atoms with Gasteiger partial charge in [0.25, 0.3) is 0 Å². The number of fused-ring (bicyclic) bond motifs is 11. The van der Waals surface area contributed by atoms with E-state index in [0.717, 1.165) is 49.4 Å². The highest BCUT2D eigenvalue weighted by molar-refractivity contribution is 7.17. The van der Waals surface area contributed by atoms with Crippen molar-refractivity contribution in [1.29, 1.82) is 0 Å². The highest BCUT2D eigenvalue weighted by Gasteiger charge is 2.24. The van der Waals surface area contributed by atoms with Crippen LogP contribution in [0.1, 0.15) is 0 Å². The molecule has 0 spiro atoms. The Labute approximate surface area is 272 Å². The summed E-state index contributed by atoms with van der Waals surface area (Å²) in [4.78, 5) is 0. The van der Waals surface area contributed by atoms with Gasteiger partial charge in [0.05, 0.1) is 0 Å². The van der Waals surface area contributed by atoms with Crippen LogP contribution in [-0.4, -0.2) is 0 Å². The Bertz CT molecular complexity index is 3020. The van der Waals surface area contributed by atoms with E-state index in [9.17, 15) is 0 Å². The van der Waals surface area contributed by atoms with Crippen molar-refractivity contribution in [3.8, 4) is 22.3 Å². The fraction of sp³-hybridized carbons (Fsp3) is 0.